The van der Waals surface area contributed by atoms with E-state index in [1.807, 2.05) is 17.5 Å². The van der Waals surface area contributed by atoms with Gasteiger partial charge >= 0.3 is 0 Å². The van der Waals surface area contributed by atoms with Crippen LogP contribution in [0, 0.1) is 0 Å². The molecular formula is C14H24N2OS. The van der Waals surface area contributed by atoms with Gasteiger partial charge in [-0.3, -0.25) is 4.90 Å². The van der Waals surface area contributed by atoms with E-state index in [4.69, 9.17) is 0 Å². The highest BCUT2D eigenvalue weighted by atomic mass is 32.1. The fourth-order valence-electron chi connectivity index (χ4n) is 2.50. The summed E-state index contributed by atoms with van der Waals surface area (Å²) >= 11 is 1.62. The molecule has 1 aromatic heterocycles. The molecule has 1 saturated heterocycles. The van der Waals surface area contributed by atoms with Crippen LogP contribution < -0.4 is 5.32 Å². The molecule has 0 amide bonds. The molecule has 3 nitrogen and oxygen atoms in total. The molecule has 0 spiro atoms. The van der Waals surface area contributed by atoms with Crippen molar-refractivity contribution < 1.29 is 5.11 Å². The number of rotatable bonds is 6. The molecule has 0 aliphatic carbocycles. The van der Waals surface area contributed by atoms with Crippen LogP contribution in [0.5, 0.6) is 0 Å². The maximum atomic E-state index is 9.97. The Balaban J connectivity index is 1.65. The van der Waals surface area contributed by atoms with E-state index in [9.17, 15) is 5.11 Å². The first-order valence-electron chi connectivity index (χ1n) is 6.93. The molecule has 2 atom stereocenters. The Morgan fingerprint density at radius 2 is 2.11 bits per heavy atom. The number of nitrogens with zero attached hydrogens (tertiary/aromatic N) is 1. The highest BCUT2D eigenvalue weighted by Crippen LogP contribution is 2.17. The van der Waals surface area contributed by atoms with Crippen LogP contribution in [0.25, 0.3) is 0 Å². The van der Waals surface area contributed by atoms with Crippen molar-refractivity contribution in [1.29, 1.82) is 0 Å². The molecule has 2 N–H and O–H groups in total. The number of aliphatic hydroxyl groups excluding tert-OH is 1. The average molecular weight is 268 g/mol. The lowest BCUT2D eigenvalue weighted by Gasteiger charge is -2.32. The first kappa shape index (κ1) is 14.0. The van der Waals surface area contributed by atoms with Gasteiger partial charge in [-0.1, -0.05) is 12.5 Å². The predicted molar refractivity (Wildman–Crippen MR) is 77.0 cm³/mol. The molecule has 0 bridgehead atoms. The molecular weight excluding hydrogens is 244 g/mol. The smallest absolute Gasteiger partial charge is 0.101 e. The minimum absolute atomic E-state index is 0.362. The van der Waals surface area contributed by atoms with Gasteiger partial charge in [-0.05, 0) is 44.3 Å². The number of hydrogen-bond donors (Lipinski definition) is 2. The first-order valence-corrected chi connectivity index (χ1v) is 7.81. The van der Waals surface area contributed by atoms with Crippen molar-refractivity contribution in [3.63, 3.8) is 0 Å². The molecule has 102 valence electrons. The van der Waals surface area contributed by atoms with Gasteiger partial charge in [0.2, 0.25) is 0 Å². The minimum Gasteiger partial charge on any atom is -0.386 e. The summed E-state index contributed by atoms with van der Waals surface area (Å²) in [6.07, 6.45) is 3.69. The molecule has 0 radical (unpaired) electrons. The van der Waals surface area contributed by atoms with E-state index in [1.165, 1.54) is 32.4 Å². The predicted octanol–water partition coefficient (Wildman–Crippen LogP) is 2.25. The zero-order chi connectivity index (χ0) is 12.8. The Kier molecular flexibility index (Phi) is 5.63. The van der Waals surface area contributed by atoms with Crippen LogP contribution >= 0.6 is 11.3 Å². The number of likely N-dealkylation sites (tertiary alicyclic amines) is 1. The standard InChI is InChI=1S/C14H24N2OS/c1-12(16-7-3-2-4-8-16)10-15-11-13(17)14-6-5-9-18-14/h5-6,9,12-13,15,17H,2-4,7-8,10-11H2,1H3. The average Bonchev–Trinajstić information content (AvgIpc) is 2.93. The molecule has 18 heavy (non-hydrogen) atoms. The first-order chi connectivity index (χ1) is 8.77. The van der Waals surface area contributed by atoms with Crippen molar-refractivity contribution in [2.75, 3.05) is 26.2 Å². The van der Waals surface area contributed by atoms with E-state index in [0.29, 0.717) is 12.6 Å². The summed E-state index contributed by atoms with van der Waals surface area (Å²) in [5, 5.41) is 15.4. The second kappa shape index (κ2) is 7.24. The third kappa shape index (κ3) is 4.05. The Morgan fingerprint density at radius 1 is 1.33 bits per heavy atom. The monoisotopic (exact) mass is 268 g/mol. The molecule has 1 aliphatic heterocycles. The van der Waals surface area contributed by atoms with Crippen LogP contribution in [0.3, 0.4) is 0 Å². The second-order valence-electron chi connectivity index (χ2n) is 5.14. The van der Waals surface area contributed by atoms with Crippen LogP contribution in [0.4, 0.5) is 0 Å². The van der Waals surface area contributed by atoms with Gasteiger partial charge in [0.05, 0.1) is 0 Å². The van der Waals surface area contributed by atoms with Crippen molar-refractivity contribution in [3.05, 3.63) is 22.4 Å². The minimum atomic E-state index is -0.362. The second-order valence-corrected chi connectivity index (χ2v) is 6.11. The molecule has 1 aromatic rings. The number of aliphatic hydroxyl groups is 1. The van der Waals surface area contributed by atoms with E-state index in [2.05, 4.69) is 17.1 Å². The van der Waals surface area contributed by atoms with E-state index in [0.717, 1.165) is 11.4 Å². The molecule has 2 rings (SSSR count). The number of nitrogens with one attached hydrogen (secondary N) is 1. The number of hydrogen-bond acceptors (Lipinski definition) is 4. The van der Waals surface area contributed by atoms with Gasteiger partial charge in [-0.15, -0.1) is 11.3 Å². The quantitative estimate of drug-likeness (QED) is 0.830. The fourth-order valence-corrected chi connectivity index (χ4v) is 3.21. The summed E-state index contributed by atoms with van der Waals surface area (Å²) < 4.78 is 0. The van der Waals surface area contributed by atoms with Crippen LogP contribution in [0.15, 0.2) is 17.5 Å². The van der Waals surface area contributed by atoms with Crippen LogP contribution in [0.2, 0.25) is 0 Å². The van der Waals surface area contributed by atoms with Crippen molar-refractivity contribution in [3.8, 4) is 0 Å². The van der Waals surface area contributed by atoms with Crippen molar-refractivity contribution in [2.45, 2.75) is 38.3 Å². The summed E-state index contributed by atoms with van der Waals surface area (Å²) in [4.78, 5) is 3.60. The molecule has 0 aromatic carbocycles. The van der Waals surface area contributed by atoms with Crippen molar-refractivity contribution >= 4 is 11.3 Å². The molecule has 2 heterocycles. The lowest BCUT2D eigenvalue weighted by Crippen LogP contribution is -2.43. The number of piperidine rings is 1. The highest BCUT2D eigenvalue weighted by molar-refractivity contribution is 7.10. The summed E-state index contributed by atoms with van der Waals surface area (Å²) in [5.41, 5.74) is 0. The highest BCUT2D eigenvalue weighted by Gasteiger charge is 2.16. The van der Waals surface area contributed by atoms with Crippen molar-refractivity contribution in [2.24, 2.45) is 0 Å². The Morgan fingerprint density at radius 3 is 2.78 bits per heavy atom. The summed E-state index contributed by atoms with van der Waals surface area (Å²) in [7, 11) is 0. The van der Waals surface area contributed by atoms with Gasteiger partial charge in [-0.25, -0.2) is 0 Å². The van der Waals surface area contributed by atoms with Gasteiger partial charge in [-0.2, -0.15) is 0 Å². The Hall–Kier alpha value is -0.420. The van der Waals surface area contributed by atoms with Gasteiger partial charge in [0.25, 0.3) is 0 Å². The molecule has 0 saturated carbocycles. The molecule has 2 unspecified atom stereocenters. The van der Waals surface area contributed by atoms with E-state index in [1.54, 1.807) is 11.3 Å². The molecule has 1 aliphatic rings. The van der Waals surface area contributed by atoms with Gasteiger partial charge in [0, 0.05) is 24.0 Å². The van der Waals surface area contributed by atoms with Crippen LogP contribution in [-0.2, 0) is 0 Å². The topological polar surface area (TPSA) is 35.5 Å². The lowest BCUT2D eigenvalue weighted by molar-refractivity contribution is 0.152. The maximum Gasteiger partial charge on any atom is 0.101 e. The van der Waals surface area contributed by atoms with E-state index < -0.39 is 0 Å². The number of thiophene rings is 1. The summed E-state index contributed by atoms with van der Waals surface area (Å²) in [6.45, 7) is 6.35. The van der Waals surface area contributed by atoms with Crippen LogP contribution in [-0.4, -0.2) is 42.2 Å². The Labute approximate surface area is 114 Å². The SMILES string of the molecule is CC(CNCC(O)c1cccs1)N1CCCCC1. The van der Waals surface area contributed by atoms with Gasteiger partial charge in [0.1, 0.15) is 6.10 Å². The van der Waals surface area contributed by atoms with E-state index in [-0.39, 0.29) is 6.10 Å². The van der Waals surface area contributed by atoms with E-state index >= 15 is 0 Å². The fraction of sp³-hybridized carbons (Fsp3) is 0.714. The Bertz CT molecular complexity index is 323. The van der Waals surface area contributed by atoms with Crippen molar-refractivity contribution in [1.82, 2.24) is 10.2 Å². The lowest BCUT2D eigenvalue weighted by atomic mass is 10.1. The van der Waals surface area contributed by atoms with Gasteiger partial charge < -0.3 is 10.4 Å². The third-order valence-corrected chi connectivity index (χ3v) is 4.64. The maximum absolute atomic E-state index is 9.97. The van der Waals surface area contributed by atoms with Crippen LogP contribution in [0.1, 0.15) is 37.2 Å². The molecule has 4 heteroatoms. The summed E-state index contributed by atoms with van der Waals surface area (Å²) in [5.74, 6) is 0. The largest absolute Gasteiger partial charge is 0.386 e. The molecule has 1 fully saturated rings. The summed E-state index contributed by atoms with van der Waals surface area (Å²) in [6, 6.07) is 4.55. The van der Waals surface area contributed by atoms with Gasteiger partial charge in [0.15, 0.2) is 0 Å². The zero-order valence-electron chi connectivity index (χ0n) is 11.1. The normalized spacial score (nSPS) is 20.8. The zero-order valence-corrected chi connectivity index (χ0v) is 12.0. The third-order valence-electron chi connectivity index (χ3n) is 3.66.